The van der Waals surface area contributed by atoms with Crippen LogP contribution in [0.25, 0.3) is 0 Å². The van der Waals surface area contributed by atoms with E-state index in [1.54, 1.807) is 6.92 Å². The highest BCUT2D eigenvalue weighted by Crippen LogP contribution is 2.07. The van der Waals surface area contributed by atoms with E-state index in [4.69, 9.17) is 0 Å². The van der Waals surface area contributed by atoms with Crippen molar-refractivity contribution in [1.29, 1.82) is 0 Å². The molecule has 13 heavy (non-hydrogen) atoms. The summed E-state index contributed by atoms with van der Waals surface area (Å²) in [6, 6.07) is 0. The lowest BCUT2D eigenvalue weighted by atomic mass is 10.1. The molecule has 1 aliphatic rings. The Bertz CT molecular complexity index is 211. The minimum Gasteiger partial charge on any atom is -0.353 e. The molecule has 1 aliphatic heterocycles. The van der Waals surface area contributed by atoms with Gasteiger partial charge in [-0.3, -0.25) is 9.69 Å². The van der Waals surface area contributed by atoms with E-state index in [0.29, 0.717) is 6.54 Å². The molecule has 0 saturated heterocycles. The van der Waals surface area contributed by atoms with Crippen molar-refractivity contribution in [1.82, 2.24) is 10.2 Å². The van der Waals surface area contributed by atoms with E-state index in [9.17, 15) is 4.79 Å². The summed E-state index contributed by atoms with van der Waals surface area (Å²) < 4.78 is 0. The predicted molar refractivity (Wildman–Crippen MR) is 53.5 cm³/mol. The highest BCUT2D eigenvalue weighted by atomic mass is 16.1. The molecule has 0 bridgehead atoms. The van der Waals surface area contributed by atoms with Gasteiger partial charge in [-0.1, -0.05) is 13.0 Å². The van der Waals surface area contributed by atoms with Crippen LogP contribution in [0.5, 0.6) is 0 Å². The molecule has 0 fully saturated rings. The second-order valence-electron chi connectivity index (χ2n) is 3.43. The van der Waals surface area contributed by atoms with Crippen molar-refractivity contribution >= 4 is 5.91 Å². The number of nitrogens with one attached hydrogen (secondary N) is 1. The maximum atomic E-state index is 10.7. The first-order chi connectivity index (χ1) is 6.22. The molecular weight excluding hydrogens is 164 g/mol. The molecule has 1 heterocycles. The van der Waals surface area contributed by atoms with Crippen LogP contribution in [0.3, 0.4) is 0 Å². The van der Waals surface area contributed by atoms with Gasteiger partial charge in [0, 0.05) is 26.6 Å². The molecule has 0 aliphatic carbocycles. The minimum atomic E-state index is 0.0505. The van der Waals surface area contributed by atoms with E-state index in [0.717, 1.165) is 26.1 Å². The van der Waals surface area contributed by atoms with E-state index >= 15 is 0 Å². The summed E-state index contributed by atoms with van der Waals surface area (Å²) in [6.45, 7) is 7.70. The third-order valence-corrected chi connectivity index (χ3v) is 2.32. The molecule has 0 spiro atoms. The fourth-order valence-corrected chi connectivity index (χ4v) is 1.52. The Morgan fingerprint density at radius 1 is 1.69 bits per heavy atom. The van der Waals surface area contributed by atoms with Gasteiger partial charge in [0.15, 0.2) is 0 Å². The highest BCUT2D eigenvalue weighted by Gasteiger charge is 2.10. The molecule has 1 amide bonds. The van der Waals surface area contributed by atoms with Gasteiger partial charge in [0.2, 0.25) is 5.91 Å². The van der Waals surface area contributed by atoms with Gasteiger partial charge in [-0.2, -0.15) is 0 Å². The molecule has 1 rings (SSSR count). The summed E-state index contributed by atoms with van der Waals surface area (Å²) in [5, 5.41) is 2.83. The van der Waals surface area contributed by atoms with Gasteiger partial charge in [-0.15, -0.1) is 0 Å². The number of hydrogen-bond acceptors (Lipinski definition) is 2. The quantitative estimate of drug-likeness (QED) is 0.654. The van der Waals surface area contributed by atoms with Crippen LogP contribution in [0.1, 0.15) is 20.3 Å². The average molecular weight is 182 g/mol. The number of rotatable bonds is 3. The van der Waals surface area contributed by atoms with Crippen molar-refractivity contribution in [2.45, 2.75) is 20.3 Å². The first kappa shape index (κ1) is 10.3. The van der Waals surface area contributed by atoms with Crippen molar-refractivity contribution < 1.29 is 4.79 Å². The molecular formula is C10H18N2O. The first-order valence-electron chi connectivity index (χ1n) is 4.87. The van der Waals surface area contributed by atoms with Gasteiger partial charge in [0.1, 0.15) is 0 Å². The van der Waals surface area contributed by atoms with Crippen LogP contribution in [0, 0.1) is 0 Å². The second-order valence-corrected chi connectivity index (χ2v) is 3.43. The Morgan fingerprint density at radius 3 is 3.08 bits per heavy atom. The lowest BCUT2D eigenvalue weighted by Gasteiger charge is -2.25. The van der Waals surface area contributed by atoms with E-state index < -0.39 is 0 Å². The standard InChI is InChI=1S/C10H18N2O/c1-3-12-6-4-5-10(8-12)7-11-9(2)13/h5H,3-4,6-8H2,1-2H3,(H,11,13). The molecule has 0 aromatic heterocycles. The normalized spacial score (nSPS) is 18.2. The van der Waals surface area contributed by atoms with Gasteiger partial charge in [0.05, 0.1) is 0 Å². The van der Waals surface area contributed by atoms with Crippen LogP contribution in [0.2, 0.25) is 0 Å². The molecule has 0 aromatic carbocycles. The van der Waals surface area contributed by atoms with Crippen LogP contribution in [-0.2, 0) is 4.79 Å². The number of hydrogen-bond donors (Lipinski definition) is 1. The third-order valence-electron chi connectivity index (χ3n) is 2.32. The maximum Gasteiger partial charge on any atom is 0.217 e. The summed E-state index contributed by atoms with van der Waals surface area (Å²) in [7, 11) is 0. The molecule has 0 unspecified atom stereocenters. The monoisotopic (exact) mass is 182 g/mol. The van der Waals surface area contributed by atoms with Crippen molar-refractivity contribution in [3.63, 3.8) is 0 Å². The maximum absolute atomic E-state index is 10.7. The Kier molecular flexibility index (Phi) is 3.96. The summed E-state index contributed by atoms with van der Waals surface area (Å²) >= 11 is 0. The molecule has 0 aromatic rings. The van der Waals surface area contributed by atoms with Gasteiger partial charge < -0.3 is 5.32 Å². The molecule has 3 nitrogen and oxygen atoms in total. The van der Waals surface area contributed by atoms with Crippen LogP contribution in [0.15, 0.2) is 11.6 Å². The summed E-state index contributed by atoms with van der Waals surface area (Å²) in [6.07, 6.45) is 3.35. The van der Waals surface area contributed by atoms with Crippen molar-refractivity contribution in [3.8, 4) is 0 Å². The topological polar surface area (TPSA) is 32.3 Å². The van der Waals surface area contributed by atoms with Crippen molar-refractivity contribution in [2.24, 2.45) is 0 Å². The Labute approximate surface area is 79.8 Å². The zero-order chi connectivity index (χ0) is 9.68. The number of carbonyl (C=O) groups excluding carboxylic acids is 1. The number of likely N-dealkylation sites (N-methyl/N-ethyl adjacent to an activating group) is 1. The van der Waals surface area contributed by atoms with E-state index in [2.05, 4.69) is 23.2 Å². The molecule has 0 radical (unpaired) electrons. The highest BCUT2D eigenvalue weighted by molar-refractivity contribution is 5.73. The fraction of sp³-hybridized carbons (Fsp3) is 0.700. The Morgan fingerprint density at radius 2 is 2.46 bits per heavy atom. The smallest absolute Gasteiger partial charge is 0.217 e. The first-order valence-corrected chi connectivity index (χ1v) is 4.87. The number of carbonyl (C=O) groups is 1. The van der Waals surface area contributed by atoms with E-state index in [-0.39, 0.29) is 5.91 Å². The second kappa shape index (κ2) is 5.02. The molecule has 74 valence electrons. The van der Waals surface area contributed by atoms with Crippen LogP contribution < -0.4 is 5.32 Å². The largest absolute Gasteiger partial charge is 0.353 e. The van der Waals surface area contributed by atoms with Crippen molar-refractivity contribution in [2.75, 3.05) is 26.2 Å². The van der Waals surface area contributed by atoms with Gasteiger partial charge in [-0.25, -0.2) is 0 Å². The Balaban J connectivity index is 2.33. The molecule has 0 atom stereocenters. The van der Waals surface area contributed by atoms with Gasteiger partial charge in [-0.05, 0) is 18.5 Å². The molecule has 0 saturated carbocycles. The lowest BCUT2D eigenvalue weighted by Crippen LogP contribution is -2.34. The predicted octanol–water partition coefficient (Wildman–Crippen LogP) is 0.774. The zero-order valence-corrected chi connectivity index (χ0v) is 8.47. The average Bonchev–Trinajstić information content (AvgIpc) is 2.15. The van der Waals surface area contributed by atoms with E-state index in [1.165, 1.54) is 5.57 Å². The summed E-state index contributed by atoms with van der Waals surface area (Å²) in [5.41, 5.74) is 1.34. The SMILES string of the molecule is CCN1CCC=C(CNC(C)=O)C1. The van der Waals surface area contributed by atoms with E-state index in [1.807, 2.05) is 0 Å². The Hall–Kier alpha value is -0.830. The number of amides is 1. The molecule has 3 heteroatoms. The summed E-state index contributed by atoms with van der Waals surface area (Å²) in [5.74, 6) is 0.0505. The minimum absolute atomic E-state index is 0.0505. The summed E-state index contributed by atoms with van der Waals surface area (Å²) in [4.78, 5) is 13.1. The van der Waals surface area contributed by atoms with Gasteiger partial charge >= 0.3 is 0 Å². The van der Waals surface area contributed by atoms with Gasteiger partial charge in [0.25, 0.3) is 0 Å². The lowest BCUT2D eigenvalue weighted by molar-refractivity contribution is -0.118. The van der Waals surface area contributed by atoms with Crippen LogP contribution in [-0.4, -0.2) is 37.0 Å². The zero-order valence-electron chi connectivity index (χ0n) is 8.47. The van der Waals surface area contributed by atoms with Crippen molar-refractivity contribution in [3.05, 3.63) is 11.6 Å². The molecule has 1 N–H and O–H groups in total. The number of nitrogens with zero attached hydrogens (tertiary/aromatic N) is 1. The van der Waals surface area contributed by atoms with Crippen LogP contribution >= 0.6 is 0 Å². The third kappa shape index (κ3) is 3.59. The fourth-order valence-electron chi connectivity index (χ4n) is 1.52. The van der Waals surface area contributed by atoms with Crippen LogP contribution in [0.4, 0.5) is 0 Å².